The zero-order chi connectivity index (χ0) is 12.0. The maximum atomic E-state index is 11.1. The van der Waals surface area contributed by atoms with Gasteiger partial charge in [0.25, 0.3) is 0 Å². The number of nitrogens with one attached hydrogen (secondary N) is 1. The normalized spacial score (nSPS) is 10.4. The molecule has 3 amide bonds. The largest absolute Gasteiger partial charge is 0.468 e. The van der Waals surface area contributed by atoms with Crippen LogP contribution in [0.1, 0.15) is 12.2 Å². The molecule has 1 rings (SSSR count). The summed E-state index contributed by atoms with van der Waals surface area (Å²) in [6.07, 6.45) is 1.82. The van der Waals surface area contributed by atoms with E-state index < -0.39 is 6.03 Å². The number of amides is 3. The Balaban J connectivity index is 2.22. The van der Waals surface area contributed by atoms with E-state index in [-0.39, 0.29) is 12.3 Å². The van der Waals surface area contributed by atoms with Gasteiger partial charge in [-0.2, -0.15) is 0 Å². The lowest BCUT2D eigenvalue weighted by Gasteiger charge is -2.14. The molecule has 88 valence electrons. The molecule has 1 aromatic heterocycles. The van der Waals surface area contributed by atoms with Gasteiger partial charge < -0.3 is 10.2 Å². The van der Waals surface area contributed by atoms with Gasteiger partial charge in [-0.1, -0.05) is 0 Å². The Kier molecular flexibility index (Phi) is 4.53. The van der Waals surface area contributed by atoms with Crippen molar-refractivity contribution in [2.24, 2.45) is 5.73 Å². The fourth-order valence-electron chi connectivity index (χ4n) is 1.24. The summed E-state index contributed by atoms with van der Waals surface area (Å²) in [5.41, 5.74) is 4.81. The summed E-state index contributed by atoms with van der Waals surface area (Å²) in [5.74, 6) is 0.455. The number of imide groups is 1. The molecule has 0 unspecified atom stereocenters. The number of urea groups is 1. The van der Waals surface area contributed by atoms with E-state index in [1.54, 1.807) is 6.26 Å². The standard InChI is InChI=1S/C10H15N3O3/c1-13(7-8-3-2-6-16-8)5-4-9(14)12-10(11)15/h2-3,6H,4-5,7H2,1H3,(H3,11,12,14,15). The Morgan fingerprint density at radius 2 is 2.31 bits per heavy atom. The summed E-state index contributed by atoms with van der Waals surface area (Å²) in [5, 5.41) is 2.01. The van der Waals surface area contributed by atoms with Crippen LogP contribution in [-0.2, 0) is 11.3 Å². The highest BCUT2D eigenvalue weighted by atomic mass is 16.3. The minimum Gasteiger partial charge on any atom is -0.468 e. The fraction of sp³-hybridized carbons (Fsp3) is 0.400. The highest BCUT2D eigenvalue weighted by molar-refractivity contribution is 5.93. The quantitative estimate of drug-likeness (QED) is 0.754. The maximum absolute atomic E-state index is 11.1. The number of nitrogens with two attached hydrogens (primary N) is 1. The second kappa shape index (κ2) is 5.92. The molecule has 0 aliphatic heterocycles. The molecule has 0 spiro atoms. The molecule has 0 fully saturated rings. The van der Waals surface area contributed by atoms with Crippen LogP contribution >= 0.6 is 0 Å². The molecule has 0 atom stereocenters. The minimum absolute atomic E-state index is 0.222. The minimum atomic E-state index is -0.821. The SMILES string of the molecule is CN(CCC(=O)NC(N)=O)Cc1ccco1. The monoisotopic (exact) mass is 225 g/mol. The molecule has 0 aliphatic carbocycles. The van der Waals surface area contributed by atoms with E-state index in [2.05, 4.69) is 0 Å². The smallest absolute Gasteiger partial charge is 0.318 e. The zero-order valence-electron chi connectivity index (χ0n) is 9.10. The molecular formula is C10H15N3O3. The lowest BCUT2D eigenvalue weighted by atomic mass is 10.3. The summed E-state index contributed by atoms with van der Waals surface area (Å²) in [6.45, 7) is 1.15. The van der Waals surface area contributed by atoms with Gasteiger partial charge in [0.1, 0.15) is 5.76 Å². The van der Waals surface area contributed by atoms with Crippen LogP contribution in [0.15, 0.2) is 22.8 Å². The lowest BCUT2D eigenvalue weighted by Crippen LogP contribution is -2.36. The van der Waals surface area contributed by atoms with Crippen molar-refractivity contribution >= 4 is 11.9 Å². The van der Waals surface area contributed by atoms with Crippen molar-refractivity contribution in [1.82, 2.24) is 10.2 Å². The highest BCUT2D eigenvalue weighted by Gasteiger charge is 2.07. The number of nitrogens with zero attached hydrogens (tertiary/aromatic N) is 1. The van der Waals surface area contributed by atoms with Crippen LogP contribution in [0.2, 0.25) is 0 Å². The predicted molar refractivity (Wildman–Crippen MR) is 57.4 cm³/mol. The van der Waals surface area contributed by atoms with Crippen LogP contribution in [0, 0.1) is 0 Å². The second-order valence-corrected chi connectivity index (χ2v) is 3.48. The molecule has 16 heavy (non-hydrogen) atoms. The molecule has 3 N–H and O–H groups in total. The summed E-state index contributed by atoms with van der Waals surface area (Å²) in [7, 11) is 1.86. The Labute approximate surface area is 93.4 Å². The van der Waals surface area contributed by atoms with Gasteiger partial charge in [-0.15, -0.1) is 0 Å². The van der Waals surface area contributed by atoms with Crippen molar-refractivity contribution in [3.63, 3.8) is 0 Å². The van der Waals surface area contributed by atoms with Gasteiger partial charge in [0, 0.05) is 13.0 Å². The second-order valence-electron chi connectivity index (χ2n) is 3.48. The molecule has 6 heteroatoms. The van der Waals surface area contributed by atoms with Crippen molar-refractivity contribution < 1.29 is 14.0 Å². The Morgan fingerprint density at radius 3 is 2.88 bits per heavy atom. The van der Waals surface area contributed by atoms with Crippen LogP contribution in [0.5, 0.6) is 0 Å². The summed E-state index contributed by atoms with van der Waals surface area (Å²) >= 11 is 0. The molecule has 0 saturated carbocycles. The maximum Gasteiger partial charge on any atom is 0.318 e. The first-order valence-corrected chi connectivity index (χ1v) is 4.88. The zero-order valence-corrected chi connectivity index (χ0v) is 9.10. The first kappa shape index (κ1) is 12.3. The van der Waals surface area contributed by atoms with Crippen LogP contribution in [-0.4, -0.2) is 30.4 Å². The van der Waals surface area contributed by atoms with Crippen LogP contribution < -0.4 is 11.1 Å². The van der Waals surface area contributed by atoms with Crippen molar-refractivity contribution in [1.29, 1.82) is 0 Å². The number of hydrogen-bond donors (Lipinski definition) is 2. The van der Waals surface area contributed by atoms with Gasteiger partial charge in [-0.3, -0.25) is 15.0 Å². The number of rotatable bonds is 5. The molecule has 0 bridgehead atoms. The van der Waals surface area contributed by atoms with Gasteiger partial charge >= 0.3 is 6.03 Å². The van der Waals surface area contributed by atoms with E-state index in [1.165, 1.54) is 0 Å². The number of carbonyl (C=O) groups is 2. The van der Waals surface area contributed by atoms with Gasteiger partial charge in [-0.25, -0.2) is 4.79 Å². The average molecular weight is 225 g/mol. The van der Waals surface area contributed by atoms with Crippen molar-refractivity contribution in [2.45, 2.75) is 13.0 Å². The Bertz CT molecular complexity index is 348. The van der Waals surface area contributed by atoms with E-state index in [0.29, 0.717) is 13.1 Å². The third-order valence-corrected chi connectivity index (χ3v) is 1.99. The third kappa shape index (κ3) is 4.61. The van der Waals surface area contributed by atoms with Gasteiger partial charge in [-0.05, 0) is 19.2 Å². The van der Waals surface area contributed by atoms with E-state index in [1.807, 2.05) is 29.4 Å². The van der Waals surface area contributed by atoms with Crippen LogP contribution in [0.3, 0.4) is 0 Å². The fourth-order valence-corrected chi connectivity index (χ4v) is 1.24. The van der Waals surface area contributed by atoms with E-state index in [9.17, 15) is 9.59 Å². The van der Waals surface area contributed by atoms with E-state index in [0.717, 1.165) is 5.76 Å². The highest BCUT2D eigenvalue weighted by Crippen LogP contribution is 2.03. The summed E-state index contributed by atoms with van der Waals surface area (Å²) < 4.78 is 5.16. The molecule has 0 aromatic carbocycles. The number of primary amides is 1. The first-order chi connectivity index (χ1) is 7.58. The Morgan fingerprint density at radius 1 is 1.56 bits per heavy atom. The molecular weight excluding hydrogens is 210 g/mol. The predicted octanol–water partition coefficient (Wildman–Crippen LogP) is 0.296. The van der Waals surface area contributed by atoms with Crippen LogP contribution in [0.4, 0.5) is 4.79 Å². The van der Waals surface area contributed by atoms with E-state index >= 15 is 0 Å². The average Bonchev–Trinajstić information content (AvgIpc) is 2.66. The number of carbonyl (C=O) groups excluding carboxylic acids is 2. The van der Waals surface area contributed by atoms with Gasteiger partial charge in [0.05, 0.1) is 12.8 Å². The molecule has 0 radical (unpaired) electrons. The van der Waals surface area contributed by atoms with Gasteiger partial charge in [0.2, 0.25) is 5.91 Å². The molecule has 0 aliphatic rings. The third-order valence-electron chi connectivity index (χ3n) is 1.99. The van der Waals surface area contributed by atoms with Crippen molar-refractivity contribution in [3.8, 4) is 0 Å². The number of hydrogen-bond acceptors (Lipinski definition) is 4. The molecule has 6 nitrogen and oxygen atoms in total. The molecule has 1 aromatic rings. The van der Waals surface area contributed by atoms with Crippen molar-refractivity contribution in [3.05, 3.63) is 24.2 Å². The van der Waals surface area contributed by atoms with Crippen LogP contribution in [0.25, 0.3) is 0 Å². The molecule has 0 saturated heterocycles. The summed E-state index contributed by atoms with van der Waals surface area (Å²) in [4.78, 5) is 23.4. The van der Waals surface area contributed by atoms with Gasteiger partial charge in [0.15, 0.2) is 0 Å². The lowest BCUT2D eigenvalue weighted by molar-refractivity contribution is -0.120. The number of furan rings is 1. The summed E-state index contributed by atoms with van der Waals surface area (Å²) in [6, 6.07) is 2.85. The first-order valence-electron chi connectivity index (χ1n) is 4.88. The van der Waals surface area contributed by atoms with Crippen molar-refractivity contribution in [2.75, 3.05) is 13.6 Å². The Hall–Kier alpha value is -1.82. The topological polar surface area (TPSA) is 88.6 Å². The van der Waals surface area contributed by atoms with E-state index in [4.69, 9.17) is 10.2 Å². The molecule has 1 heterocycles.